The molecule has 1 aromatic heterocycles. The number of β-amino-alcohol motifs (C(OH)–C–C–N with tert-alkyl or cyclic N) is 1. The Morgan fingerprint density at radius 3 is 2.76 bits per heavy atom. The van der Waals surface area contributed by atoms with Crippen molar-refractivity contribution in [3.63, 3.8) is 0 Å². The third-order valence-electron chi connectivity index (χ3n) is 6.18. The summed E-state index contributed by atoms with van der Waals surface area (Å²) in [5.41, 5.74) is 5.11. The average Bonchev–Trinajstić information content (AvgIpc) is 2.75. The number of hydrogen-bond acceptors (Lipinski definition) is 7. The molecule has 8 nitrogen and oxygen atoms in total. The number of nitrogens with zero attached hydrogens (tertiary/aromatic N) is 4. The van der Waals surface area contributed by atoms with Gasteiger partial charge in [0.2, 0.25) is 5.91 Å². The summed E-state index contributed by atoms with van der Waals surface area (Å²) < 4.78 is 29.6. The maximum absolute atomic E-state index is 15.3. The molecule has 180 valence electrons. The van der Waals surface area contributed by atoms with Crippen LogP contribution in [0.2, 0.25) is 0 Å². The monoisotopic (exact) mass is 463 g/mol. The predicted octanol–water partition coefficient (Wildman–Crippen LogP) is 1.31. The molecule has 1 aromatic carbocycles. The van der Waals surface area contributed by atoms with E-state index in [0.29, 0.717) is 18.7 Å². The van der Waals surface area contributed by atoms with Crippen molar-refractivity contribution in [2.24, 2.45) is 5.73 Å². The number of rotatable bonds is 9. The number of halogens is 2. The van der Waals surface area contributed by atoms with Crippen molar-refractivity contribution in [3.05, 3.63) is 53.0 Å². The second-order valence-corrected chi connectivity index (χ2v) is 8.64. The Morgan fingerprint density at radius 2 is 2.12 bits per heavy atom. The number of aliphatic hydroxyl groups is 2. The first-order valence-electron chi connectivity index (χ1n) is 11.0. The average molecular weight is 464 g/mol. The molecule has 0 radical (unpaired) electrons. The molecule has 3 rings (SSSR count). The van der Waals surface area contributed by atoms with E-state index in [9.17, 15) is 19.4 Å². The SMILES string of the molecule is CCN(Cc1ccc(C)cc1F)c1ncnc(CC[C@]2(O)CCN(CC(N)=O)C[C@H]2O)c1F. The number of likely N-dealkylation sites (tertiary alicyclic amines) is 1. The molecule has 0 aliphatic carbocycles. The summed E-state index contributed by atoms with van der Waals surface area (Å²) in [5, 5.41) is 21.3. The zero-order valence-corrected chi connectivity index (χ0v) is 19.0. The third-order valence-corrected chi connectivity index (χ3v) is 6.18. The number of anilines is 1. The van der Waals surface area contributed by atoms with Crippen LogP contribution in [-0.4, -0.2) is 68.9 Å². The highest BCUT2D eigenvalue weighted by atomic mass is 19.1. The van der Waals surface area contributed by atoms with Crippen LogP contribution >= 0.6 is 0 Å². The van der Waals surface area contributed by atoms with E-state index in [1.54, 1.807) is 28.9 Å². The van der Waals surface area contributed by atoms with Crippen LogP contribution in [-0.2, 0) is 17.8 Å². The molecule has 2 atom stereocenters. The number of primary amides is 1. The lowest BCUT2D eigenvalue weighted by Crippen LogP contribution is -2.56. The molecule has 0 unspecified atom stereocenters. The number of carbonyl (C=O) groups excluding carboxylic acids is 1. The first-order chi connectivity index (χ1) is 15.6. The van der Waals surface area contributed by atoms with Crippen molar-refractivity contribution in [1.29, 1.82) is 0 Å². The van der Waals surface area contributed by atoms with Gasteiger partial charge in [-0.3, -0.25) is 9.69 Å². The quantitative estimate of drug-likeness (QED) is 0.513. The molecule has 1 aliphatic rings. The second kappa shape index (κ2) is 10.5. The highest BCUT2D eigenvalue weighted by molar-refractivity contribution is 5.75. The summed E-state index contributed by atoms with van der Waals surface area (Å²) in [4.78, 5) is 22.5. The molecule has 2 heterocycles. The Morgan fingerprint density at radius 1 is 1.36 bits per heavy atom. The molecule has 1 fully saturated rings. The van der Waals surface area contributed by atoms with Gasteiger partial charge < -0.3 is 20.8 Å². The van der Waals surface area contributed by atoms with E-state index in [-0.39, 0.29) is 56.2 Å². The van der Waals surface area contributed by atoms with Crippen LogP contribution in [0.4, 0.5) is 14.6 Å². The maximum atomic E-state index is 15.3. The molecule has 0 spiro atoms. The zero-order valence-electron chi connectivity index (χ0n) is 19.0. The van der Waals surface area contributed by atoms with Gasteiger partial charge in [0.05, 0.1) is 23.9 Å². The van der Waals surface area contributed by atoms with Crippen LogP contribution < -0.4 is 10.6 Å². The van der Waals surface area contributed by atoms with Crippen LogP contribution in [0, 0.1) is 18.6 Å². The van der Waals surface area contributed by atoms with Crippen molar-refractivity contribution in [2.45, 2.75) is 51.4 Å². The molecule has 0 bridgehead atoms. The predicted molar refractivity (Wildman–Crippen MR) is 119 cm³/mol. The van der Waals surface area contributed by atoms with E-state index in [1.807, 2.05) is 6.92 Å². The number of aromatic nitrogens is 2. The van der Waals surface area contributed by atoms with Crippen molar-refractivity contribution in [3.8, 4) is 0 Å². The lowest BCUT2D eigenvalue weighted by Gasteiger charge is -2.41. The minimum atomic E-state index is -1.43. The lowest BCUT2D eigenvalue weighted by molar-refractivity contribution is -0.132. The van der Waals surface area contributed by atoms with E-state index < -0.39 is 23.4 Å². The van der Waals surface area contributed by atoms with Crippen LogP contribution in [0.15, 0.2) is 24.5 Å². The summed E-state index contributed by atoms with van der Waals surface area (Å²) in [6.07, 6.45) is 0.532. The Kier molecular flexibility index (Phi) is 7.93. The Hall–Kier alpha value is -2.69. The van der Waals surface area contributed by atoms with Gasteiger partial charge in [-0.25, -0.2) is 18.7 Å². The molecule has 1 aliphatic heterocycles. The molecule has 1 saturated heterocycles. The number of benzene rings is 1. The van der Waals surface area contributed by atoms with Gasteiger partial charge in [-0.15, -0.1) is 0 Å². The van der Waals surface area contributed by atoms with E-state index >= 15 is 4.39 Å². The van der Waals surface area contributed by atoms with Gasteiger partial charge in [0.15, 0.2) is 11.6 Å². The fraction of sp³-hybridized carbons (Fsp3) is 0.522. The molecule has 33 heavy (non-hydrogen) atoms. The molecular formula is C23H31F2N5O3. The minimum absolute atomic E-state index is 0.00542. The van der Waals surface area contributed by atoms with Gasteiger partial charge in [-0.05, 0) is 44.7 Å². The van der Waals surface area contributed by atoms with Crippen molar-refractivity contribution >= 4 is 11.7 Å². The van der Waals surface area contributed by atoms with Gasteiger partial charge in [-0.2, -0.15) is 0 Å². The van der Waals surface area contributed by atoms with Crippen LogP contribution in [0.3, 0.4) is 0 Å². The largest absolute Gasteiger partial charge is 0.389 e. The second-order valence-electron chi connectivity index (χ2n) is 8.64. The summed E-state index contributed by atoms with van der Waals surface area (Å²) in [6.45, 7) is 4.67. The first kappa shape index (κ1) is 24.9. The maximum Gasteiger partial charge on any atom is 0.231 e. The van der Waals surface area contributed by atoms with Gasteiger partial charge in [0.25, 0.3) is 0 Å². The standard InChI is InChI=1S/C23H31F2N5O3/c1-3-30(11-16-5-4-15(2)10-17(16)24)22-21(25)18(27-14-28-22)6-7-23(33)8-9-29(12-19(23)31)13-20(26)32/h4-5,10,14,19,31,33H,3,6-9,11-13H2,1-2H3,(H2,26,32)/t19-,23+/m1/s1. The summed E-state index contributed by atoms with van der Waals surface area (Å²) in [5.74, 6) is -1.43. The molecule has 10 heteroatoms. The van der Waals surface area contributed by atoms with Crippen LogP contribution in [0.1, 0.15) is 36.6 Å². The number of aryl methyl sites for hydroxylation is 2. The van der Waals surface area contributed by atoms with Crippen molar-refractivity contribution < 1.29 is 23.8 Å². The summed E-state index contributed by atoms with van der Waals surface area (Å²) in [7, 11) is 0. The Labute approximate surface area is 192 Å². The normalized spacial score (nSPS) is 21.2. The topological polar surface area (TPSA) is 116 Å². The molecule has 1 amide bonds. The Balaban J connectivity index is 1.71. The van der Waals surface area contributed by atoms with Crippen molar-refractivity contribution in [1.82, 2.24) is 14.9 Å². The number of amides is 1. The zero-order chi connectivity index (χ0) is 24.2. The van der Waals surface area contributed by atoms with E-state index in [4.69, 9.17) is 5.73 Å². The number of nitrogens with two attached hydrogens (primary N) is 1. The van der Waals surface area contributed by atoms with Gasteiger partial charge in [0.1, 0.15) is 12.1 Å². The molecular weight excluding hydrogens is 432 g/mol. The molecule has 4 N–H and O–H groups in total. The van der Waals surface area contributed by atoms with E-state index in [1.165, 1.54) is 12.4 Å². The highest BCUT2D eigenvalue weighted by Crippen LogP contribution is 2.29. The fourth-order valence-corrected chi connectivity index (χ4v) is 4.13. The fourth-order valence-electron chi connectivity index (χ4n) is 4.13. The van der Waals surface area contributed by atoms with Crippen molar-refractivity contribution in [2.75, 3.05) is 31.1 Å². The molecule has 0 saturated carbocycles. The minimum Gasteiger partial charge on any atom is -0.389 e. The number of piperidine rings is 1. The van der Waals surface area contributed by atoms with Gasteiger partial charge >= 0.3 is 0 Å². The number of carbonyl (C=O) groups is 1. The van der Waals surface area contributed by atoms with E-state index in [2.05, 4.69) is 9.97 Å². The summed E-state index contributed by atoms with van der Waals surface area (Å²) in [6, 6.07) is 4.91. The van der Waals surface area contributed by atoms with Crippen LogP contribution in [0.25, 0.3) is 0 Å². The first-order valence-corrected chi connectivity index (χ1v) is 11.0. The summed E-state index contributed by atoms with van der Waals surface area (Å²) >= 11 is 0. The number of aliphatic hydroxyl groups excluding tert-OH is 1. The third kappa shape index (κ3) is 6.01. The van der Waals surface area contributed by atoms with Crippen LogP contribution in [0.5, 0.6) is 0 Å². The van der Waals surface area contributed by atoms with Gasteiger partial charge in [0, 0.05) is 31.7 Å². The Bertz CT molecular complexity index is 993. The highest BCUT2D eigenvalue weighted by Gasteiger charge is 2.40. The smallest absolute Gasteiger partial charge is 0.231 e. The number of hydrogen-bond donors (Lipinski definition) is 3. The van der Waals surface area contributed by atoms with E-state index in [0.717, 1.165) is 5.56 Å². The molecule has 2 aromatic rings. The van der Waals surface area contributed by atoms with Gasteiger partial charge in [-0.1, -0.05) is 12.1 Å². The lowest BCUT2D eigenvalue weighted by atomic mass is 9.84.